The first-order chi connectivity index (χ1) is 7.40. The highest BCUT2D eigenvalue weighted by Crippen LogP contribution is 2.34. The second-order valence-electron chi connectivity index (χ2n) is 4.57. The highest BCUT2D eigenvalue weighted by molar-refractivity contribution is 4.81. The maximum absolute atomic E-state index is 11.7. The second-order valence-corrected chi connectivity index (χ2v) is 4.57. The maximum Gasteiger partial charge on any atom is 0.411 e. The smallest absolute Gasteiger partial charge is 0.393 e. The minimum atomic E-state index is -4.23. The number of hydrogen-bond acceptors (Lipinski definition) is 2. The fourth-order valence-corrected chi connectivity index (χ4v) is 2.27. The lowest BCUT2D eigenvalue weighted by Gasteiger charge is -2.17. The first kappa shape index (κ1) is 13.8. The zero-order valence-electron chi connectivity index (χ0n) is 9.46. The molecular formula is C11H19F3O2. The Labute approximate surface area is 93.8 Å². The van der Waals surface area contributed by atoms with Gasteiger partial charge in [0.1, 0.15) is 6.61 Å². The van der Waals surface area contributed by atoms with Gasteiger partial charge in [-0.1, -0.05) is 6.92 Å². The van der Waals surface area contributed by atoms with E-state index in [0.717, 1.165) is 19.3 Å². The Morgan fingerprint density at radius 1 is 1.31 bits per heavy atom. The normalized spacial score (nSPS) is 30.9. The van der Waals surface area contributed by atoms with Gasteiger partial charge in [0.25, 0.3) is 0 Å². The fraction of sp³-hybridized carbons (Fsp3) is 1.00. The van der Waals surface area contributed by atoms with Crippen LogP contribution in [-0.2, 0) is 4.74 Å². The van der Waals surface area contributed by atoms with Gasteiger partial charge < -0.3 is 9.84 Å². The monoisotopic (exact) mass is 240 g/mol. The SMILES string of the molecule is CC1C(O)CCC1CCCOCC(F)(F)F. The van der Waals surface area contributed by atoms with E-state index in [2.05, 4.69) is 4.74 Å². The van der Waals surface area contributed by atoms with Crippen LogP contribution < -0.4 is 0 Å². The van der Waals surface area contributed by atoms with E-state index in [1.165, 1.54) is 0 Å². The molecule has 0 aromatic heterocycles. The Morgan fingerprint density at radius 3 is 2.50 bits per heavy atom. The van der Waals surface area contributed by atoms with Crippen LogP contribution in [0.1, 0.15) is 32.6 Å². The Kier molecular flexibility index (Phi) is 5.05. The Morgan fingerprint density at radius 2 is 2.00 bits per heavy atom. The van der Waals surface area contributed by atoms with Crippen molar-refractivity contribution in [3.63, 3.8) is 0 Å². The number of rotatable bonds is 5. The van der Waals surface area contributed by atoms with E-state index in [9.17, 15) is 18.3 Å². The van der Waals surface area contributed by atoms with E-state index in [1.807, 2.05) is 6.92 Å². The summed E-state index contributed by atoms with van der Waals surface area (Å²) < 4.78 is 39.7. The molecule has 16 heavy (non-hydrogen) atoms. The molecule has 3 atom stereocenters. The maximum atomic E-state index is 11.7. The molecule has 1 aliphatic carbocycles. The molecule has 0 spiro atoms. The van der Waals surface area contributed by atoms with Crippen molar-refractivity contribution in [3.05, 3.63) is 0 Å². The first-order valence-electron chi connectivity index (χ1n) is 5.72. The summed E-state index contributed by atoms with van der Waals surface area (Å²) in [5.74, 6) is 0.701. The number of halogens is 3. The highest BCUT2D eigenvalue weighted by atomic mass is 19.4. The van der Waals surface area contributed by atoms with Crippen molar-refractivity contribution in [1.29, 1.82) is 0 Å². The summed E-state index contributed by atoms with van der Waals surface area (Å²) in [6.07, 6.45) is -1.19. The Bertz CT molecular complexity index is 206. The fourth-order valence-electron chi connectivity index (χ4n) is 2.27. The molecule has 1 N–H and O–H groups in total. The van der Waals surface area contributed by atoms with Crippen molar-refractivity contribution in [3.8, 4) is 0 Å². The second kappa shape index (κ2) is 5.87. The molecule has 2 nitrogen and oxygen atoms in total. The van der Waals surface area contributed by atoms with Gasteiger partial charge in [0.05, 0.1) is 6.10 Å². The van der Waals surface area contributed by atoms with Crippen molar-refractivity contribution in [2.75, 3.05) is 13.2 Å². The van der Waals surface area contributed by atoms with E-state index in [4.69, 9.17) is 0 Å². The van der Waals surface area contributed by atoms with Gasteiger partial charge in [-0.3, -0.25) is 0 Å². The average molecular weight is 240 g/mol. The quantitative estimate of drug-likeness (QED) is 0.749. The molecule has 0 aromatic carbocycles. The van der Waals surface area contributed by atoms with E-state index in [0.29, 0.717) is 12.3 Å². The van der Waals surface area contributed by atoms with Crippen LogP contribution >= 0.6 is 0 Å². The summed E-state index contributed by atoms with van der Waals surface area (Å²) in [7, 11) is 0. The van der Waals surface area contributed by atoms with Crippen LogP contribution in [0.25, 0.3) is 0 Å². The van der Waals surface area contributed by atoms with Gasteiger partial charge in [-0.2, -0.15) is 13.2 Å². The van der Waals surface area contributed by atoms with Crippen LogP contribution in [0.3, 0.4) is 0 Å². The molecule has 0 aliphatic heterocycles. The van der Waals surface area contributed by atoms with Crippen LogP contribution in [0.5, 0.6) is 0 Å². The lowest BCUT2D eigenvalue weighted by atomic mass is 9.92. The third-order valence-corrected chi connectivity index (χ3v) is 3.31. The lowest BCUT2D eigenvalue weighted by molar-refractivity contribution is -0.174. The van der Waals surface area contributed by atoms with E-state index >= 15 is 0 Å². The number of alkyl halides is 3. The van der Waals surface area contributed by atoms with E-state index < -0.39 is 12.8 Å². The van der Waals surface area contributed by atoms with Crippen LogP contribution in [0.4, 0.5) is 13.2 Å². The Hall–Kier alpha value is -0.290. The Balaban J connectivity index is 2.04. The number of aliphatic hydroxyl groups is 1. The summed E-state index contributed by atoms with van der Waals surface area (Å²) in [6, 6.07) is 0. The molecule has 5 heteroatoms. The minimum Gasteiger partial charge on any atom is -0.393 e. The van der Waals surface area contributed by atoms with Crippen molar-refractivity contribution < 1.29 is 23.0 Å². The summed E-state index contributed by atoms with van der Waals surface area (Å²) >= 11 is 0. The third kappa shape index (κ3) is 4.70. The number of hydrogen-bond donors (Lipinski definition) is 1. The highest BCUT2D eigenvalue weighted by Gasteiger charge is 2.31. The van der Waals surface area contributed by atoms with Crippen LogP contribution in [0.15, 0.2) is 0 Å². The molecule has 1 aliphatic rings. The third-order valence-electron chi connectivity index (χ3n) is 3.31. The molecule has 0 saturated heterocycles. The van der Waals surface area contributed by atoms with Gasteiger partial charge >= 0.3 is 6.18 Å². The van der Waals surface area contributed by atoms with Crippen LogP contribution in [-0.4, -0.2) is 30.6 Å². The van der Waals surface area contributed by atoms with Crippen molar-refractivity contribution in [2.45, 2.75) is 44.9 Å². The predicted molar refractivity (Wildman–Crippen MR) is 54.0 cm³/mol. The molecule has 0 bridgehead atoms. The van der Waals surface area contributed by atoms with E-state index in [-0.39, 0.29) is 18.6 Å². The number of ether oxygens (including phenoxy) is 1. The topological polar surface area (TPSA) is 29.5 Å². The van der Waals surface area contributed by atoms with Gasteiger partial charge in [-0.05, 0) is 37.5 Å². The van der Waals surface area contributed by atoms with Crippen LogP contribution in [0, 0.1) is 11.8 Å². The summed E-state index contributed by atoms with van der Waals surface area (Å²) in [6.45, 7) is 0.994. The van der Waals surface area contributed by atoms with Crippen LogP contribution in [0.2, 0.25) is 0 Å². The molecule has 0 aromatic rings. The molecular weight excluding hydrogens is 221 g/mol. The van der Waals surface area contributed by atoms with E-state index in [1.54, 1.807) is 0 Å². The lowest BCUT2D eigenvalue weighted by Crippen LogP contribution is -2.18. The molecule has 1 fully saturated rings. The zero-order valence-corrected chi connectivity index (χ0v) is 9.46. The molecule has 1 saturated carbocycles. The molecule has 3 unspecified atom stereocenters. The standard InChI is InChI=1S/C11H19F3O2/c1-8-9(4-5-10(8)15)3-2-6-16-7-11(12,13)14/h8-10,15H,2-7H2,1H3. The minimum absolute atomic E-state index is 0.152. The molecule has 96 valence electrons. The van der Waals surface area contributed by atoms with Gasteiger partial charge in [0.2, 0.25) is 0 Å². The average Bonchev–Trinajstić information content (AvgIpc) is 2.47. The largest absolute Gasteiger partial charge is 0.411 e. The van der Waals surface area contributed by atoms with Crippen molar-refractivity contribution >= 4 is 0 Å². The summed E-state index contributed by atoms with van der Waals surface area (Å²) in [4.78, 5) is 0. The van der Waals surface area contributed by atoms with Crippen molar-refractivity contribution in [1.82, 2.24) is 0 Å². The first-order valence-corrected chi connectivity index (χ1v) is 5.72. The summed E-state index contributed by atoms with van der Waals surface area (Å²) in [5.41, 5.74) is 0. The van der Waals surface area contributed by atoms with Gasteiger partial charge in [-0.25, -0.2) is 0 Å². The predicted octanol–water partition coefficient (Wildman–Crippen LogP) is 2.75. The molecule has 1 rings (SSSR count). The molecule has 0 heterocycles. The van der Waals surface area contributed by atoms with Gasteiger partial charge in [0, 0.05) is 6.61 Å². The molecule has 0 amide bonds. The number of aliphatic hydroxyl groups excluding tert-OH is 1. The molecule has 0 radical (unpaired) electrons. The zero-order chi connectivity index (χ0) is 12.2. The van der Waals surface area contributed by atoms with Crippen molar-refractivity contribution in [2.24, 2.45) is 11.8 Å². The van der Waals surface area contributed by atoms with Gasteiger partial charge in [-0.15, -0.1) is 0 Å². The van der Waals surface area contributed by atoms with Gasteiger partial charge in [0.15, 0.2) is 0 Å². The summed E-state index contributed by atoms with van der Waals surface area (Å²) in [5, 5.41) is 9.50.